The van der Waals surface area contributed by atoms with Crippen LogP contribution in [0, 0.1) is 20.8 Å². The van der Waals surface area contributed by atoms with Crippen molar-refractivity contribution < 1.29 is 17.9 Å². The van der Waals surface area contributed by atoms with Gasteiger partial charge in [-0.1, -0.05) is 29.8 Å². The van der Waals surface area contributed by atoms with E-state index in [1.807, 2.05) is 32.9 Å². The van der Waals surface area contributed by atoms with Gasteiger partial charge in [-0.15, -0.1) is 0 Å². The van der Waals surface area contributed by atoms with Crippen LogP contribution in [0.25, 0.3) is 0 Å². The maximum atomic E-state index is 13.2. The van der Waals surface area contributed by atoms with Crippen LogP contribution in [-0.4, -0.2) is 27.0 Å². The molecule has 0 aromatic heterocycles. The monoisotopic (exact) mass is 375 g/mol. The Morgan fingerprint density at radius 3 is 2.15 bits per heavy atom. The number of ether oxygens (including phenoxy) is 1. The van der Waals surface area contributed by atoms with E-state index in [1.165, 1.54) is 0 Å². The molecule has 0 atom stereocenters. The summed E-state index contributed by atoms with van der Waals surface area (Å²) in [5.41, 5.74) is 3.11. The first kappa shape index (κ1) is 20.0. The van der Waals surface area contributed by atoms with Crippen molar-refractivity contribution in [2.75, 3.05) is 10.8 Å². The lowest BCUT2D eigenvalue weighted by Crippen LogP contribution is -2.37. The van der Waals surface area contributed by atoms with Gasteiger partial charge in [0.2, 0.25) is 0 Å². The lowest BCUT2D eigenvalue weighted by molar-refractivity contribution is -0.145. The highest BCUT2D eigenvalue weighted by Gasteiger charge is 2.29. The molecular weight excluding hydrogens is 350 g/mol. The van der Waals surface area contributed by atoms with Crippen LogP contribution in [0.15, 0.2) is 47.4 Å². The van der Waals surface area contributed by atoms with Gasteiger partial charge in [0.1, 0.15) is 6.54 Å². The van der Waals surface area contributed by atoms with Crippen molar-refractivity contribution >= 4 is 21.7 Å². The Morgan fingerprint density at radius 2 is 1.58 bits per heavy atom. The summed E-state index contributed by atoms with van der Waals surface area (Å²) >= 11 is 0. The number of sulfonamides is 1. The summed E-state index contributed by atoms with van der Waals surface area (Å²) in [6.45, 7) is 8.67. The number of nitrogens with zero attached hydrogens (tertiary/aromatic N) is 1. The van der Waals surface area contributed by atoms with E-state index in [9.17, 15) is 13.2 Å². The van der Waals surface area contributed by atoms with Gasteiger partial charge >= 0.3 is 5.97 Å². The summed E-state index contributed by atoms with van der Waals surface area (Å²) in [4.78, 5) is 12.4. The van der Waals surface area contributed by atoms with Gasteiger partial charge in [0.15, 0.2) is 0 Å². The zero-order valence-electron chi connectivity index (χ0n) is 15.8. The van der Waals surface area contributed by atoms with Gasteiger partial charge in [0.05, 0.1) is 16.7 Å². The summed E-state index contributed by atoms with van der Waals surface area (Å²) in [7, 11) is -3.91. The Morgan fingerprint density at radius 1 is 1.00 bits per heavy atom. The topological polar surface area (TPSA) is 63.7 Å². The van der Waals surface area contributed by atoms with Gasteiger partial charge in [-0.05, 0) is 63.9 Å². The maximum absolute atomic E-state index is 13.2. The second-order valence-electron chi connectivity index (χ2n) is 6.65. The van der Waals surface area contributed by atoms with Crippen molar-refractivity contribution in [3.8, 4) is 0 Å². The van der Waals surface area contributed by atoms with E-state index in [0.29, 0.717) is 5.69 Å². The number of esters is 1. The molecule has 2 aromatic carbocycles. The molecule has 26 heavy (non-hydrogen) atoms. The Kier molecular flexibility index (Phi) is 6.08. The number of carbonyl (C=O) groups excluding carboxylic acids is 1. The fourth-order valence-corrected chi connectivity index (χ4v) is 4.01. The van der Waals surface area contributed by atoms with Gasteiger partial charge < -0.3 is 4.74 Å². The maximum Gasteiger partial charge on any atom is 0.327 e. The number of rotatable bonds is 6. The first-order valence-corrected chi connectivity index (χ1v) is 9.91. The largest absolute Gasteiger partial charge is 0.462 e. The zero-order valence-corrected chi connectivity index (χ0v) is 16.6. The molecule has 5 nitrogen and oxygen atoms in total. The van der Waals surface area contributed by atoms with Crippen molar-refractivity contribution in [1.82, 2.24) is 0 Å². The van der Waals surface area contributed by atoms with Gasteiger partial charge in [0.25, 0.3) is 10.0 Å². The summed E-state index contributed by atoms with van der Waals surface area (Å²) in [6.07, 6.45) is -0.315. The Hall–Kier alpha value is -2.34. The van der Waals surface area contributed by atoms with Crippen LogP contribution in [-0.2, 0) is 19.6 Å². The lowest BCUT2D eigenvalue weighted by Gasteiger charge is -2.26. The molecular formula is C20H25NO4S. The highest BCUT2D eigenvalue weighted by molar-refractivity contribution is 7.92. The number of benzene rings is 2. The van der Waals surface area contributed by atoms with Crippen molar-refractivity contribution in [3.05, 3.63) is 59.2 Å². The number of aryl methyl sites for hydroxylation is 3. The summed E-state index contributed by atoms with van der Waals surface area (Å²) in [5.74, 6) is -0.586. The van der Waals surface area contributed by atoms with E-state index in [4.69, 9.17) is 4.74 Å². The van der Waals surface area contributed by atoms with Gasteiger partial charge in [-0.25, -0.2) is 8.42 Å². The third-order valence-electron chi connectivity index (χ3n) is 3.88. The fourth-order valence-electron chi connectivity index (χ4n) is 2.54. The third kappa shape index (κ3) is 4.64. The predicted octanol–water partition coefficient (Wildman–Crippen LogP) is 3.76. The number of hydrogen-bond donors (Lipinski definition) is 0. The molecule has 2 rings (SSSR count). The molecule has 0 radical (unpaired) electrons. The van der Waals surface area contributed by atoms with E-state index < -0.39 is 16.0 Å². The quantitative estimate of drug-likeness (QED) is 0.721. The first-order valence-electron chi connectivity index (χ1n) is 8.47. The molecule has 6 heteroatoms. The predicted molar refractivity (Wildman–Crippen MR) is 103 cm³/mol. The van der Waals surface area contributed by atoms with Crippen LogP contribution in [0.3, 0.4) is 0 Å². The average Bonchev–Trinajstić information content (AvgIpc) is 2.54. The SMILES string of the molecule is Cc1ccc(S(=O)(=O)N(CC(=O)OC(C)C)c2cc(C)ccc2C)cc1. The van der Waals surface area contributed by atoms with Crippen LogP contribution in [0.4, 0.5) is 5.69 Å². The van der Waals surface area contributed by atoms with E-state index >= 15 is 0 Å². The molecule has 2 aromatic rings. The zero-order chi connectivity index (χ0) is 19.5. The average molecular weight is 375 g/mol. The highest BCUT2D eigenvalue weighted by atomic mass is 32.2. The fraction of sp³-hybridized carbons (Fsp3) is 0.350. The van der Waals surface area contributed by atoms with Crippen LogP contribution in [0.1, 0.15) is 30.5 Å². The van der Waals surface area contributed by atoms with Crippen LogP contribution in [0.2, 0.25) is 0 Å². The molecule has 0 heterocycles. The van der Waals surface area contributed by atoms with Gasteiger partial charge in [-0.3, -0.25) is 9.10 Å². The molecule has 0 N–H and O–H groups in total. The smallest absolute Gasteiger partial charge is 0.327 e. The standard InChI is InChI=1S/C20H25NO4S/c1-14(2)25-20(22)13-21(19-12-16(4)6-9-17(19)5)26(23,24)18-10-7-15(3)8-11-18/h6-12,14H,13H2,1-5H3. The molecule has 0 fully saturated rings. The number of carbonyl (C=O) groups is 1. The number of anilines is 1. The first-order chi connectivity index (χ1) is 12.1. The highest BCUT2D eigenvalue weighted by Crippen LogP contribution is 2.28. The third-order valence-corrected chi connectivity index (χ3v) is 5.66. The summed E-state index contributed by atoms with van der Waals surface area (Å²) in [6, 6.07) is 12.1. The van der Waals surface area contributed by atoms with E-state index in [1.54, 1.807) is 44.2 Å². The minimum atomic E-state index is -3.91. The van der Waals surface area contributed by atoms with Crippen molar-refractivity contribution in [1.29, 1.82) is 0 Å². The Bertz CT molecular complexity index is 887. The summed E-state index contributed by atoms with van der Waals surface area (Å²) in [5, 5.41) is 0. The molecule has 140 valence electrons. The molecule has 0 saturated carbocycles. The van der Waals surface area contributed by atoms with Crippen molar-refractivity contribution in [2.24, 2.45) is 0 Å². The molecule has 0 unspecified atom stereocenters. The van der Waals surface area contributed by atoms with Crippen LogP contribution >= 0.6 is 0 Å². The van der Waals surface area contributed by atoms with Crippen LogP contribution in [0.5, 0.6) is 0 Å². The molecule has 0 aliphatic carbocycles. The van der Waals surface area contributed by atoms with Crippen molar-refractivity contribution in [2.45, 2.75) is 45.6 Å². The van der Waals surface area contributed by atoms with Crippen LogP contribution < -0.4 is 4.31 Å². The second-order valence-corrected chi connectivity index (χ2v) is 8.52. The molecule has 0 saturated heterocycles. The van der Waals surface area contributed by atoms with Gasteiger partial charge in [0, 0.05) is 0 Å². The number of hydrogen-bond acceptors (Lipinski definition) is 4. The Balaban J connectivity index is 2.54. The molecule has 0 spiro atoms. The molecule has 0 aliphatic rings. The minimum absolute atomic E-state index is 0.140. The van der Waals surface area contributed by atoms with Gasteiger partial charge in [-0.2, -0.15) is 0 Å². The molecule has 0 amide bonds. The normalized spacial score (nSPS) is 11.5. The molecule has 0 aliphatic heterocycles. The van der Waals surface area contributed by atoms with E-state index in [2.05, 4.69) is 0 Å². The Labute approximate surface area is 155 Å². The molecule has 0 bridgehead atoms. The minimum Gasteiger partial charge on any atom is -0.462 e. The van der Waals surface area contributed by atoms with E-state index in [-0.39, 0.29) is 17.5 Å². The van der Waals surface area contributed by atoms with Crippen molar-refractivity contribution in [3.63, 3.8) is 0 Å². The lowest BCUT2D eigenvalue weighted by atomic mass is 10.1. The van der Waals surface area contributed by atoms with E-state index in [0.717, 1.165) is 21.0 Å². The summed E-state index contributed by atoms with van der Waals surface area (Å²) < 4.78 is 32.8. The second kappa shape index (κ2) is 7.91.